The van der Waals surface area contributed by atoms with Gasteiger partial charge in [0.15, 0.2) is 0 Å². The molecule has 0 atom stereocenters. The third-order valence-electron chi connectivity index (χ3n) is 6.02. The van der Waals surface area contributed by atoms with Gasteiger partial charge in [0, 0.05) is 43.9 Å². The lowest BCUT2D eigenvalue weighted by Crippen LogP contribution is -2.44. The molecular formula is C30H45N3O2. The van der Waals surface area contributed by atoms with Crippen LogP contribution in [0.5, 0.6) is 0 Å². The second-order valence-corrected chi connectivity index (χ2v) is 10.8. The molecule has 1 saturated heterocycles. The summed E-state index contributed by atoms with van der Waals surface area (Å²) < 4.78 is 12.4. The Morgan fingerprint density at radius 1 is 1.06 bits per heavy atom. The zero-order valence-electron chi connectivity index (χ0n) is 23.1. The van der Waals surface area contributed by atoms with E-state index in [9.17, 15) is 5.26 Å². The molecule has 0 bridgehead atoms. The largest absolute Gasteiger partial charge is 0.487 e. The number of hydrogen-bond donors (Lipinski definition) is 0. The Bertz CT molecular complexity index is 935. The molecule has 1 aromatic carbocycles. The van der Waals surface area contributed by atoms with E-state index < -0.39 is 5.60 Å². The van der Waals surface area contributed by atoms with Gasteiger partial charge in [-0.05, 0) is 78.8 Å². The summed E-state index contributed by atoms with van der Waals surface area (Å²) in [5.74, 6) is 0.631. The summed E-state index contributed by atoms with van der Waals surface area (Å²) in [6.45, 7) is 19.1. The van der Waals surface area contributed by atoms with Crippen molar-refractivity contribution in [2.45, 2.75) is 72.5 Å². The van der Waals surface area contributed by atoms with Crippen LogP contribution in [0.15, 0.2) is 53.8 Å². The van der Waals surface area contributed by atoms with E-state index in [1.807, 2.05) is 25.2 Å². The predicted molar refractivity (Wildman–Crippen MR) is 147 cm³/mol. The SMILES string of the molecule is C\C=C/C(=C(C#N)\C(=C\CC)OC(C)(C)CCOC(C)(C)C)c1ccc(N2CCN(C)CC2)cc1. The van der Waals surface area contributed by atoms with Crippen molar-refractivity contribution in [2.24, 2.45) is 0 Å². The second kappa shape index (κ2) is 13.0. The molecule has 0 N–H and O–H groups in total. The molecular weight excluding hydrogens is 434 g/mol. The van der Waals surface area contributed by atoms with Crippen LogP contribution in [0.2, 0.25) is 0 Å². The molecule has 5 heteroatoms. The van der Waals surface area contributed by atoms with Crippen molar-refractivity contribution in [1.29, 1.82) is 5.26 Å². The minimum absolute atomic E-state index is 0.189. The van der Waals surface area contributed by atoms with E-state index in [0.717, 1.165) is 50.2 Å². The van der Waals surface area contributed by atoms with Crippen molar-refractivity contribution in [1.82, 2.24) is 4.90 Å². The van der Waals surface area contributed by atoms with E-state index in [4.69, 9.17) is 9.47 Å². The van der Waals surface area contributed by atoms with Gasteiger partial charge in [0.2, 0.25) is 0 Å². The minimum atomic E-state index is -0.472. The highest BCUT2D eigenvalue weighted by molar-refractivity contribution is 5.82. The lowest BCUT2D eigenvalue weighted by molar-refractivity contribution is -0.0441. The quantitative estimate of drug-likeness (QED) is 0.215. The molecule has 1 aliphatic heterocycles. The number of likely N-dealkylation sites (N-methyl/N-ethyl adjacent to an activating group) is 1. The molecule has 1 aliphatic rings. The van der Waals surface area contributed by atoms with Crippen LogP contribution in [0.3, 0.4) is 0 Å². The fourth-order valence-corrected chi connectivity index (χ4v) is 3.99. The molecule has 192 valence electrons. The zero-order chi connectivity index (χ0) is 26.1. The number of nitrogens with zero attached hydrogens (tertiary/aromatic N) is 3. The summed E-state index contributed by atoms with van der Waals surface area (Å²) in [4.78, 5) is 4.77. The second-order valence-electron chi connectivity index (χ2n) is 10.8. The van der Waals surface area contributed by atoms with E-state index in [0.29, 0.717) is 17.9 Å². The highest BCUT2D eigenvalue weighted by atomic mass is 16.5. The third kappa shape index (κ3) is 9.20. The van der Waals surface area contributed by atoms with Gasteiger partial charge >= 0.3 is 0 Å². The van der Waals surface area contributed by atoms with E-state index in [1.165, 1.54) is 5.69 Å². The third-order valence-corrected chi connectivity index (χ3v) is 6.02. The maximum Gasteiger partial charge on any atom is 0.134 e. The van der Waals surface area contributed by atoms with E-state index in [-0.39, 0.29) is 5.60 Å². The molecule has 1 heterocycles. The lowest BCUT2D eigenvalue weighted by Gasteiger charge is -2.34. The smallest absolute Gasteiger partial charge is 0.134 e. The first-order valence-corrected chi connectivity index (χ1v) is 12.8. The van der Waals surface area contributed by atoms with Crippen molar-refractivity contribution in [3.05, 3.63) is 59.4 Å². The Kier molecular flexibility index (Phi) is 10.6. The standard InChI is InChI=1S/C30H45N3O2/c1-9-11-26(24-13-15-25(16-14-24)33-20-18-32(8)19-21-33)27(23-31)28(12-10-2)35-30(6,7)17-22-34-29(3,4)5/h9,11-16H,10,17-22H2,1-8H3/b11-9-,27-26+,28-12-. The molecule has 0 amide bonds. The maximum absolute atomic E-state index is 10.2. The Hall–Kier alpha value is -2.55. The van der Waals surface area contributed by atoms with Crippen molar-refractivity contribution in [2.75, 3.05) is 44.7 Å². The Labute approximate surface area is 213 Å². The van der Waals surface area contributed by atoms with Gasteiger partial charge in [0.25, 0.3) is 0 Å². The molecule has 0 aromatic heterocycles. The molecule has 5 nitrogen and oxygen atoms in total. The molecule has 35 heavy (non-hydrogen) atoms. The Morgan fingerprint density at radius 3 is 2.20 bits per heavy atom. The van der Waals surface area contributed by atoms with Gasteiger partial charge in [-0.2, -0.15) is 5.26 Å². The summed E-state index contributed by atoms with van der Waals surface area (Å²) in [6, 6.07) is 11.0. The van der Waals surface area contributed by atoms with Crippen LogP contribution >= 0.6 is 0 Å². The average Bonchev–Trinajstić information content (AvgIpc) is 2.78. The van der Waals surface area contributed by atoms with Gasteiger partial charge in [-0.3, -0.25) is 0 Å². The normalized spacial score (nSPS) is 16.9. The van der Waals surface area contributed by atoms with E-state index in [1.54, 1.807) is 0 Å². The van der Waals surface area contributed by atoms with Crippen molar-refractivity contribution in [3.63, 3.8) is 0 Å². The van der Waals surface area contributed by atoms with E-state index >= 15 is 0 Å². The molecule has 0 spiro atoms. The first-order chi connectivity index (χ1) is 16.5. The minimum Gasteiger partial charge on any atom is -0.487 e. The summed E-state index contributed by atoms with van der Waals surface area (Å²) in [7, 11) is 2.17. The fourth-order valence-electron chi connectivity index (χ4n) is 3.99. The molecule has 1 aromatic rings. The summed E-state index contributed by atoms with van der Waals surface area (Å²) in [5.41, 5.74) is 3.01. The summed E-state index contributed by atoms with van der Waals surface area (Å²) >= 11 is 0. The lowest BCUT2D eigenvalue weighted by atomic mass is 9.97. The van der Waals surface area contributed by atoms with Crippen molar-refractivity contribution < 1.29 is 9.47 Å². The van der Waals surface area contributed by atoms with Crippen LogP contribution < -0.4 is 4.90 Å². The molecule has 0 aliphatic carbocycles. The van der Waals surface area contributed by atoms with Crippen LogP contribution in [-0.4, -0.2) is 55.9 Å². The maximum atomic E-state index is 10.2. The number of allylic oxidation sites excluding steroid dienone is 5. The highest BCUT2D eigenvalue weighted by Crippen LogP contribution is 2.31. The van der Waals surface area contributed by atoms with Crippen molar-refractivity contribution in [3.8, 4) is 6.07 Å². The number of hydrogen-bond acceptors (Lipinski definition) is 5. The first-order valence-electron chi connectivity index (χ1n) is 12.8. The number of ether oxygens (including phenoxy) is 2. The van der Waals surface area contributed by atoms with Crippen LogP contribution in [0.25, 0.3) is 5.57 Å². The first kappa shape index (κ1) is 28.7. The number of piperazine rings is 1. The molecule has 0 saturated carbocycles. The highest BCUT2D eigenvalue weighted by Gasteiger charge is 2.25. The van der Waals surface area contributed by atoms with Crippen LogP contribution in [0.4, 0.5) is 5.69 Å². The molecule has 0 unspecified atom stereocenters. The van der Waals surface area contributed by atoms with Crippen LogP contribution in [0, 0.1) is 11.3 Å². The number of anilines is 1. The van der Waals surface area contributed by atoms with Crippen LogP contribution in [-0.2, 0) is 9.47 Å². The monoisotopic (exact) mass is 479 g/mol. The van der Waals surface area contributed by atoms with Gasteiger partial charge in [0.05, 0.1) is 12.2 Å². The Balaban J connectivity index is 2.33. The molecule has 2 rings (SSSR count). The topological polar surface area (TPSA) is 48.7 Å². The van der Waals surface area contributed by atoms with Gasteiger partial charge in [-0.25, -0.2) is 0 Å². The van der Waals surface area contributed by atoms with Crippen molar-refractivity contribution >= 4 is 11.3 Å². The zero-order valence-corrected chi connectivity index (χ0v) is 23.1. The number of nitriles is 1. The summed E-state index contributed by atoms with van der Waals surface area (Å²) in [5, 5.41) is 10.2. The van der Waals surface area contributed by atoms with Crippen LogP contribution in [0.1, 0.15) is 66.9 Å². The molecule has 1 fully saturated rings. The number of benzene rings is 1. The Morgan fingerprint density at radius 2 is 1.69 bits per heavy atom. The summed E-state index contributed by atoms with van der Waals surface area (Å²) in [6.07, 6.45) is 7.50. The fraction of sp³-hybridized carbons (Fsp3) is 0.567. The molecule has 0 radical (unpaired) electrons. The number of rotatable bonds is 10. The average molecular weight is 480 g/mol. The predicted octanol–water partition coefficient (Wildman–Crippen LogP) is 6.59. The van der Waals surface area contributed by atoms with Gasteiger partial charge in [-0.1, -0.05) is 31.2 Å². The van der Waals surface area contributed by atoms with Gasteiger partial charge < -0.3 is 19.3 Å². The van der Waals surface area contributed by atoms with Gasteiger partial charge in [-0.15, -0.1) is 0 Å². The van der Waals surface area contributed by atoms with Gasteiger partial charge in [0.1, 0.15) is 23.0 Å². The van der Waals surface area contributed by atoms with E-state index in [2.05, 4.69) is 88.7 Å².